The monoisotopic (exact) mass is 244 g/mol. The zero-order valence-electron chi connectivity index (χ0n) is 10.1. The van der Waals surface area contributed by atoms with E-state index in [0.29, 0.717) is 28.8 Å². The van der Waals surface area contributed by atoms with E-state index in [9.17, 15) is 4.79 Å². The maximum absolute atomic E-state index is 12.0. The van der Waals surface area contributed by atoms with Crippen LogP contribution in [-0.2, 0) is 0 Å². The lowest BCUT2D eigenvalue weighted by molar-refractivity contribution is 0.0898. The fourth-order valence-electron chi connectivity index (χ4n) is 2.07. The number of benzene rings is 1. The molecule has 0 saturated carbocycles. The second kappa shape index (κ2) is 3.87. The second-order valence-corrected chi connectivity index (χ2v) is 3.99. The van der Waals surface area contributed by atoms with Gasteiger partial charge in [-0.25, -0.2) is 4.79 Å². The maximum Gasteiger partial charge on any atom is 0.347 e. The van der Waals surface area contributed by atoms with E-state index in [-0.39, 0.29) is 5.63 Å². The highest BCUT2D eigenvalue weighted by molar-refractivity contribution is 6.02. The zero-order chi connectivity index (χ0) is 12.7. The summed E-state index contributed by atoms with van der Waals surface area (Å²) in [5, 5.41) is 5.61. The largest absolute Gasteiger partial charge is 0.422 e. The predicted molar refractivity (Wildman–Crippen MR) is 67.6 cm³/mol. The SMILES string of the molecule is CCOn1nc2c(c1C)c(=O)oc1ccccc12. The molecule has 0 spiro atoms. The Hall–Kier alpha value is -2.30. The number of rotatable bonds is 2. The number of hydrogen-bond acceptors (Lipinski definition) is 4. The van der Waals surface area contributed by atoms with Crippen molar-refractivity contribution in [1.29, 1.82) is 0 Å². The average molecular weight is 244 g/mol. The van der Waals surface area contributed by atoms with Gasteiger partial charge in [0.2, 0.25) is 0 Å². The molecule has 0 atom stereocenters. The maximum atomic E-state index is 12.0. The Labute approximate surface area is 103 Å². The number of aryl methyl sites for hydroxylation is 1. The van der Waals surface area contributed by atoms with E-state index in [1.165, 1.54) is 4.85 Å². The van der Waals surface area contributed by atoms with Crippen molar-refractivity contribution < 1.29 is 9.25 Å². The van der Waals surface area contributed by atoms with Crippen molar-refractivity contribution in [1.82, 2.24) is 9.94 Å². The van der Waals surface area contributed by atoms with Crippen molar-refractivity contribution >= 4 is 21.9 Å². The molecule has 1 aromatic carbocycles. The third-order valence-electron chi connectivity index (χ3n) is 2.88. The van der Waals surface area contributed by atoms with E-state index in [0.717, 1.165) is 5.39 Å². The molecule has 92 valence electrons. The highest BCUT2D eigenvalue weighted by Crippen LogP contribution is 2.23. The Balaban J connectivity index is 2.49. The van der Waals surface area contributed by atoms with Gasteiger partial charge < -0.3 is 9.25 Å². The van der Waals surface area contributed by atoms with Crippen molar-refractivity contribution in [3.63, 3.8) is 0 Å². The molecule has 18 heavy (non-hydrogen) atoms. The van der Waals surface area contributed by atoms with E-state index in [4.69, 9.17) is 9.25 Å². The Morgan fingerprint density at radius 3 is 2.94 bits per heavy atom. The van der Waals surface area contributed by atoms with Gasteiger partial charge in [0, 0.05) is 5.39 Å². The second-order valence-electron chi connectivity index (χ2n) is 3.99. The molecule has 0 saturated heterocycles. The van der Waals surface area contributed by atoms with E-state index in [1.54, 1.807) is 13.0 Å². The molecule has 5 nitrogen and oxygen atoms in total. The van der Waals surface area contributed by atoms with Gasteiger partial charge >= 0.3 is 5.63 Å². The molecule has 0 fully saturated rings. The molecular weight excluding hydrogens is 232 g/mol. The van der Waals surface area contributed by atoms with Gasteiger partial charge in [-0.15, -0.1) is 9.94 Å². The lowest BCUT2D eigenvalue weighted by atomic mass is 10.2. The molecular formula is C13H12N2O3. The van der Waals surface area contributed by atoms with E-state index < -0.39 is 0 Å². The van der Waals surface area contributed by atoms with Crippen LogP contribution in [0.2, 0.25) is 0 Å². The van der Waals surface area contributed by atoms with Gasteiger partial charge in [0.05, 0.1) is 5.69 Å². The molecule has 3 rings (SSSR count). The summed E-state index contributed by atoms with van der Waals surface area (Å²) < 4.78 is 5.28. The Morgan fingerprint density at radius 1 is 1.39 bits per heavy atom. The molecule has 5 heteroatoms. The first kappa shape index (κ1) is 10.8. The highest BCUT2D eigenvalue weighted by Gasteiger charge is 2.16. The quantitative estimate of drug-likeness (QED) is 0.646. The van der Waals surface area contributed by atoms with E-state index in [2.05, 4.69) is 5.10 Å². The van der Waals surface area contributed by atoms with E-state index >= 15 is 0 Å². The van der Waals surface area contributed by atoms with Gasteiger partial charge in [0.25, 0.3) is 0 Å². The number of fused-ring (bicyclic) bond motifs is 3. The number of nitrogens with zero attached hydrogens (tertiary/aromatic N) is 2. The fraction of sp³-hybridized carbons (Fsp3) is 0.231. The molecule has 0 aliphatic rings. The van der Waals surface area contributed by atoms with Crippen LogP contribution < -0.4 is 10.5 Å². The summed E-state index contributed by atoms with van der Waals surface area (Å²) in [6, 6.07) is 7.34. The minimum atomic E-state index is -0.382. The van der Waals surface area contributed by atoms with Crippen LogP contribution in [0.5, 0.6) is 0 Å². The van der Waals surface area contributed by atoms with Crippen molar-refractivity contribution in [2.75, 3.05) is 6.61 Å². The van der Waals surface area contributed by atoms with Crippen molar-refractivity contribution in [3.8, 4) is 0 Å². The molecule has 0 unspecified atom stereocenters. The van der Waals surface area contributed by atoms with Gasteiger partial charge in [-0.3, -0.25) is 0 Å². The standard InChI is InChI=1S/C13H12N2O3/c1-3-17-15-8(2)11-12(14-15)9-6-4-5-7-10(9)18-13(11)16/h4-7H,3H2,1-2H3. The van der Waals surface area contributed by atoms with Crippen molar-refractivity contribution in [3.05, 3.63) is 40.4 Å². The summed E-state index contributed by atoms with van der Waals surface area (Å²) in [6.45, 7) is 4.14. The van der Waals surface area contributed by atoms with Crippen LogP contribution in [-0.4, -0.2) is 16.6 Å². The lowest BCUT2D eigenvalue weighted by Gasteiger charge is -2.01. The average Bonchev–Trinajstić information content (AvgIpc) is 2.69. The molecule has 0 aliphatic heterocycles. The van der Waals surface area contributed by atoms with Crippen LogP contribution in [0, 0.1) is 6.92 Å². The van der Waals surface area contributed by atoms with Gasteiger partial charge in [-0.1, -0.05) is 12.1 Å². The number of aromatic nitrogens is 2. The first-order valence-electron chi connectivity index (χ1n) is 5.77. The Bertz CT molecular complexity index is 786. The van der Waals surface area contributed by atoms with Gasteiger partial charge in [0.1, 0.15) is 23.1 Å². The van der Waals surface area contributed by atoms with Gasteiger partial charge in [0.15, 0.2) is 0 Å². The molecule has 0 radical (unpaired) electrons. The first-order chi connectivity index (χ1) is 8.72. The summed E-state index contributed by atoms with van der Waals surface area (Å²) in [6.07, 6.45) is 0. The Kier molecular flexibility index (Phi) is 2.33. The summed E-state index contributed by atoms with van der Waals surface area (Å²) in [4.78, 5) is 18.7. The van der Waals surface area contributed by atoms with Crippen LogP contribution in [0.15, 0.2) is 33.5 Å². The van der Waals surface area contributed by atoms with Gasteiger partial charge in [-0.2, -0.15) is 0 Å². The minimum Gasteiger partial charge on any atom is -0.422 e. The lowest BCUT2D eigenvalue weighted by Crippen LogP contribution is -2.13. The number of para-hydroxylation sites is 1. The molecule has 2 aromatic heterocycles. The molecule has 0 amide bonds. The fourth-order valence-corrected chi connectivity index (χ4v) is 2.07. The van der Waals surface area contributed by atoms with Crippen LogP contribution in [0.4, 0.5) is 0 Å². The molecule has 0 bridgehead atoms. The first-order valence-corrected chi connectivity index (χ1v) is 5.77. The summed E-state index contributed by atoms with van der Waals surface area (Å²) in [7, 11) is 0. The van der Waals surface area contributed by atoms with Crippen molar-refractivity contribution in [2.24, 2.45) is 0 Å². The summed E-state index contributed by atoms with van der Waals surface area (Å²) >= 11 is 0. The number of hydrogen-bond donors (Lipinski definition) is 0. The summed E-state index contributed by atoms with van der Waals surface area (Å²) in [5.41, 5.74) is 1.43. The predicted octanol–water partition coefficient (Wildman–Crippen LogP) is 1.90. The van der Waals surface area contributed by atoms with Gasteiger partial charge in [-0.05, 0) is 26.0 Å². The minimum absolute atomic E-state index is 0.382. The van der Waals surface area contributed by atoms with Crippen LogP contribution in [0.25, 0.3) is 21.9 Å². The Morgan fingerprint density at radius 2 is 2.17 bits per heavy atom. The van der Waals surface area contributed by atoms with Crippen molar-refractivity contribution in [2.45, 2.75) is 13.8 Å². The molecule has 0 aliphatic carbocycles. The van der Waals surface area contributed by atoms with E-state index in [1.807, 2.05) is 25.1 Å². The summed E-state index contributed by atoms with van der Waals surface area (Å²) in [5.74, 6) is 0. The normalized spacial score (nSPS) is 11.2. The van der Waals surface area contributed by atoms with Crippen LogP contribution in [0.1, 0.15) is 12.6 Å². The van der Waals surface area contributed by atoms with Crippen LogP contribution in [0.3, 0.4) is 0 Å². The topological polar surface area (TPSA) is 57.3 Å². The third-order valence-corrected chi connectivity index (χ3v) is 2.88. The molecule has 2 heterocycles. The van der Waals surface area contributed by atoms with Crippen LogP contribution >= 0.6 is 0 Å². The molecule has 3 aromatic rings. The third kappa shape index (κ3) is 1.40. The highest BCUT2D eigenvalue weighted by atomic mass is 16.7. The zero-order valence-corrected chi connectivity index (χ0v) is 10.1. The smallest absolute Gasteiger partial charge is 0.347 e. The molecule has 0 N–H and O–H groups in total.